The monoisotopic (exact) mass is 538 g/mol. The van der Waals surface area contributed by atoms with E-state index in [1.165, 1.54) is 0 Å². The molecule has 0 aliphatic heterocycles. The van der Waals surface area contributed by atoms with Crippen LogP contribution in [0.5, 0.6) is 11.5 Å². The zero-order valence-electron chi connectivity index (χ0n) is 23.3. The van der Waals surface area contributed by atoms with Crippen molar-refractivity contribution in [1.82, 2.24) is 30.1 Å². The molecule has 0 aliphatic carbocycles. The number of ether oxygens (including phenoxy) is 2. The van der Waals surface area contributed by atoms with Crippen LogP contribution in [-0.4, -0.2) is 44.3 Å². The maximum atomic E-state index is 13.3. The van der Waals surface area contributed by atoms with Gasteiger partial charge in [-0.1, -0.05) is 49.4 Å². The molecule has 9 nitrogen and oxygen atoms in total. The van der Waals surface area contributed by atoms with Gasteiger partial charge >= 0.3 is 0 Å². The second-order valence-electron chi connectivity index (χ2n) is 9.88. The summed E-state index contributed by atoms with van der Waals surface area (Å²) in [5.74, 6) is 2.35. The van der Waals surface area contributed by atoms with Crippen molar-refractivity contribution in [2.75, 3.05) is 14.2 Å². The average molecular weight is 539 g/mol. The van der Waals surface area contributed by atoms with Gasteiger partial charge in [-0.05, 0) is 76.2 Å². The lowest BCUT2D eigenvalue weighted by atomic mass is 10.1. The van der Waals surface area contributed by atoms with E-state index in [9.17, 15) is 4.79 Å². The molecule has 1 N–H and O–H groups in total. The SMILES string of the molecule is CC[C@@H](c1nnnn1Cc1ccc(OC)cc1)N(Cc1ccc(OC)cc1)Cc1cc2cccc(C)c2[nH]c1=O. The van der Waals surface area contributed by atoms with Gasteiger partial charge in [-0.3, -0.25) is 9.69 Å². The van der Waals surface area contributed by atoms with Crippen molar-refractivity contribution in [3.05, 3.63) is 111 Å². The van der Waals surface area contributed by atoms with Gasteiger partial charge in [0.25, 0.3) is 5.56 Å². The molecule has 0 unspecified atom stereocenters. The standard InChI is InChI=1S/C31H34N6O3/c1-5-28(30-33-34-35-37(30)19-23-11-15-27(40-4)16-12-23)36(18-22-9-13-26(39-3)14-10-22)20-25-17-24-8-6-7-21(2)29(24)32-31(25)38/h6-17,28H,5,18-20H2,1-4H3,(H,32,38)/t28-/m0/s1. The number of hydrogen-bond acceptors (Lipinski definition) is 7. The van der Waals surface area contributed by atoms with Gasteiger partial charge in [0.2, 0.25) is 0 Å². The number of aryl methyl sites for hydroxylation is 1. The quantitative estimate of drug-likeness (QED) is 0.252. The molecule has 0 fully saturated rings. The van der Waals surface area contributed by atoms with Crippen LogP contribution >= 0.6 is 0 Å². The largest absolute Gasteiger partial charge is 0.497 e. The van der Waals surface area contributed by atoms with E-state index in [1.807, 2.05) is 84.4 Å². The normalized spacial score (nSPS) is 12.1. The van der Waals surface area contributed by atoms with E-state index in [0.717, 1.165) is 51.3 Å². The fourth-order valence-electron chi connectivity index (χ4n) is 5.08. The van der Waals surface area contributed by atoms with Crippen LogP contribution in [0.25, 0.3) is 10.9 Å². The number of nitrogens with zero attached hydrogens (tertiary/aromatic N) is 5. The summed E-state index contributed by atoms with van der Waals surface area (Å²) in [6.45, 7) is 5.67. The molecule has 5 aromatic rings. The summed E-state index contributed by atoms with van der Waals surface area (Å²) in [6.07, 6.45) is 0.754. The minimum atomic E-state index is -0.136. The Bertz CT molecular complexity index is 1630. The van der Waals surface area contributed by atoms with Crippen LogP contribution in [-0.2, 0) is 19.6 Å². The first kappa shape index (κ1) is 27.1. The highest BCUT2D eigenvalue weighted by Crippen LogP contribution is 2.28. The van der Waals surface area contributed by atoms with Crippen molar-refractivity contribution in [1.29, 1.82) is 0 Å². The number of fused-ring (bicyclic) bond motifs is 1. The lowest BCUT2D eigenvalue weighted by Gasteiger charge is -2.30. The zero-order valence-corrected chi connectivity index (χ0v) is 23.3. The molecule has 9 heteroatoms. The molecule has 0 saturated heterocycles. The molecule has 3 aromatic carbocycles. The average Bonchev–Trinajstić information content (AvgIpc) is 3.42. The molecule has 40 heavy (non-hydrogen) atoms. The summed E-state index contributed by atoms with van der Waals surface area (Å²) in [4.78, 5) is 18.6. The predicted octanol–water partition coefficient (Wildman–Crippen LogP) is 5.04. The number of methoxy groups -OCH3 is 2. The number of aromatic amines is 1. The number of rotatable bonds is 11. The van der Waals surface area contributed by atoms with Gasteiger partial charge in [0.15, 0.2) is 5.82 Å². The summed E-state index contributed by atoms with van der Waals surface area (Å²) >= 11 is 0. The number of aromatic nitrogens is 5. The van der Waals surface area contributed by atoms with Crippen LogP contribution in [0.15, 0.2) is 77.6 Å². The third kappa shape index (κ3) is 5.89. The summed E-state index contributed by atoms with van der Waals surface area (Å²) in [5.41, 5.74) is 4.68. The van der Waals surface area contributed by atoms with Gasteiger partial charge in [-0.2, -0.15) is 0 Å². The maximum Gasteiger partial charge on any atom is 0.252 e. The zero-order chi connectivity index (χ0) is 28.1. The van der Waals surface area contributed by atoms with Crippen LogP contribution in [0, 0.1) is 6.92 Å². The molecule has 0 aliphatic rings. The van der Waals surface area contributed by atoms with Crippen LogP contribution in [0.2, 0.25) is 0 Å². The molecule has 0 saturated carbocycles. The Morgan fingerprint density at radius 1 is 0.925 bits per heavy atom. The third-order valence-electron chi connectivity index (χ3n) is 7.26. The van der Waals surface area contributed by atoms with Crippen LogP contribution in [0.1, 0.15) is 47.5 Å². The molecule has 2 heterocycles. The topological polar surface area (TPSA) is 98.2 Å². The van der Waals surface area contributed by atoms with Gasteiger partial charge in [0.05, 0.1) is 32.3 Å². The second kappa shape index (κ2) is 12.1. The Morgan fingerprint density at radius 2 is 1.60 bits per heavy atom. The third-order valence-corrected chi connectivity index (χ3v) is 7.26. The summed E-state index contributed by atoms with van der Waals surface area (Å²) < 4.78 is 12.5. The van der Waals surface area contributed by atoms with E-state index in [-0.39, 0.29) is 11.6 Å². The van der Waals surface area contributed by atoms with Crippen LogP contribution < -0.4 is 15.0 Å². The molecule has 1 atom stereocenters. The van der Waals surface area contributed by atoms with Crippen molar-refractivity contribution in [2.45, 2.75) is 45.9 Å². The van der Waals surface area contributed by atoms with Crippen molar-refractivity contribution in [2.24, 2.45) is 0 Å². The van der Waals surface area contributed by atoms with E-state index in [0.29, 0.717) is 25.2 Å². The van der Waals surface area contributed by atoms with Gasteiger partial charge in [-0.25, -0.2) is 4.68 Å². The molecule has 0 radical (unpaired) electrons. The number of H-pyrrole nitrogens is 1. The van der Waals surface area contributed by atoms with Crippen LogP contribution in [0.4, 0.5) is 0 Å². The maximum absolute atomic E-state index is 13.3. The number of nitrogens with one attached hydrogen (secondary N) is 1. The minimum Gasteiger partial charge on any atom is -0.497 e. The Balaban J connectivity index is 1.50. The molecule has 206 valence electrons. The van der Waals surface area contributed by atoms with E-state index >= 15 is 0 Å². The second-order valence-corrected chi connectivity index (χ2v) is 9.88. The van der Waals surface area contributed by atoms with Crippen LogP contribution in [0.3, 0.4) is 0 Å². The number of para-hydroxylation sites is 1. The highest BCUT2D eigenvalue weighted by molar-refractivity contribution is 5.81. The van der Waals surface area contributed by atoms with Crippen molar-refractivity contribution in [3.8, 4) is 11.5 Å². The lowest BCUT2D eigenvalue weighted by molar-refractivity contribution is 0.161. The van der Waals surface area contributed by atoms with Crippen molar-refractivity contribution in [3.63, 3.8) is 0 Å². The highest BCUT2D eigenvalue weighted by Gasteiger charge is 2.26. The van der Waals surface area contributed by atoms with Gasteiger partial charge in [0, 0.05) is 18.7 Å². The molecule has 0 spiro atoms. The first-order chi connectivity index (χ1) is 19.5. The predicted molar refractivity (Wildman–Crippen MR) is 154 cm³/mol. The summed E-state index contributed by atoms with van der Waals surface area (Å²) in [7, 11) is 3.31. The highest BCUT2D eigenvalue weighted by atomic mass is 16.5. The molecule has 0 amide bonds. The van der Waals surface area contributed by atoms with E-state index in [1.54, 1.807) is 14.2 Å². The first-order valence-corrected chi connectivity index (χ1v) is 13.4. The van der Waals surface area contributed by atoms with E-state index < -0.39 is 0 Å². The number of pyridine rings is 1. The molecular formula is C31H34N6O3. The molecular weight excluding hydrogens is 504 g/mol. The van der Waals surface area contributed by atoms with Gasteiger partial charge < -0.3 is 14.5 Å². The lowest BCUT2D eigenvalue weighted by Crippen LogP contribution is -2.32. The molecule has 2 aromatic heterocycles. The van der Waals surface area contributed by atoms with Crippen molar-refractivity contribution < 1.29 is 9.47 Å². The first-order valence-electron chi connectivity index (χ1n) is 13.4. The van der Waals surface area contributed by atoms with E-state index in [4.69, 9.17) is 9.47 Å². The Labute approximate surface area is 233 Å². The number of hydrogen-bond donors (Lipinski definition) is 1. The number of benzene rings is 3. The fourth-order valence-corrected chi connectivity index (χ4v) is 5.08. The Morgan fingerprint density at radius 3 is 2.25 bits per heavy atom. The minimum absolute atomic E-state index is 0.0887. The van der Waals surface area contributed by atoms with Gasteiger partial charge in [0.1, 0.15) is 11.5 Å². The Hall–Kier alpha value is -4.50. The van der Waals surface area contributed by atoms with Crippen molar-refractivity contribution >= 4 is 10.9 Å². The summed E-state index contributed by atoms with van der Waals surface area (Å²) in [5, 5.41) is 13.8. The van der Waals surface area contributed by atoms with E-state index in [2.05, 4.69) is 32.3 Å². The molecule has 5 rings (SSSR count). The smallest absolute Gasteiger partial charge is 0.252 e. The Kier molecular flexibility index (Phi) is 8.21. The fraction of sp³-hybridized carbons (Fsp3) is 0.290. The summed E-state index contributed by atoms with van der Waals surface area (Å²) in [6, 6.07) is 23.8. The number of tetrazole rings is 1. The molecule has 0 bridgehead atoms. The van der Waals surface area contributed by atoms with Gasteiger partial charge in [-0.15, -0.1) is 5.10 Å².